The van der Waals surface area contributed by atoms with Gasteiger partial charge in [0.1, 0.15) is 17.0 Å². The highest BCUT2D eigenvalue weighted by Gasteiger charge is 2.22. The van der Waals surface area contributed by atoms with Gasteiger partial charge in [0.05, 0.1) is 5.69 Å². The molecule has 1 aromatic carbocycles. The lowest BCUT2D eigenvalue weighted by molar-refractivity contribution is -0.121. The zero-order valence-electron chi connectivity index (χ0n) is 17.8. The number of carbonyl (C=O) groups excluding carboxylic acids is 1. The predicted octanol–water partition coefficient (Wildman–Crippen LogP) is 3.73. The van der Waals surface area contributed by atoms with Gasteiger partial charge in [-0.25, -0.2) is 4.98 Å². The van der Waals surface area contributed by atoms with Gasteiger partial charge in [0.15, 0.2) is 0 Å². The van der Waals surface area contributed by atoms with Crippen molar-refractivity contribution in [2.75, 3.05) is 18.0 Å². The van der Waals surface area contributed by atoms with E-state index < -0.39 is 0 Å². The fourth-order valence-electron chi connectivity index (χ4n) is 3.84. The number of carbonyl (C=O) groups is 1. The van der Waals surface area contributed by atoms with Gasteiger partial charge in [0.25, 0.3) is 5.71 Å². The third-order valence-electron chi connectivity index (χ3n) is 5.61. The summed E-state index contributed by atoms with van der Waals surface area (Å²) in [6.07, 6.45) is 5.16. The van der Waals surface area contributed by atoms with Crippen LogP contribution in [-0.4, -0.2) is 34.1 Å². The maximum atomic E-state index is 12.3. The van der Waals surface area contributed by atoms with Gasteiger partial charge in [-0.3, -0.25) is 4.79 Å². The molecule has 7 nitrogen and oxygen atoms in total. The van der Waals surface area contributed by atoms with E-state index in [0.717, 1.165) is 54.8 Å². The molecule has 0 radical (unpaired) electrons. The summed E-state index contributed by atoms with van der Waals surface area (Å²) in [4.78, 5) is 24.0. The Bertz CT molecular complexity index is 1010. The average molecular weight is 408 g/mol. The van der Waals surface area contributed by atoms with Crippen LogP contribution < -0.4 is 10.2 Å². The number of anilines is 1. The van der Waals surface area contributed by atoms with Crippen molar-refractivity contribution in [3.8, 4) is 0 Å². The molecule has 4 rings (SSSR count). The van der Waals surface area contributed by atoms with Crippen LogP contribution in [0, 0.1) is 6.92 Å². The monoisotopic (exact) mass is 407 g/mol. The van der Waals surface area contributed by atoms with E-state index >= 15 is 0 Å². The molecule has 0 atom stereocenters. The number of nitrogens with zero attached hydrogens (tertiary/aromatic N) is 4. The summed E-state index contributed by atoms with van der Waals surface area (Å²) in [7, 11) is 0. The fraction of sp³-hybridized carbons (Fsp3) is 0.478. The molecular formula is C23H29N5O2. The van der Waals surface area contributed by atoms with Crippen molar-refractivity contribution in [3.63, 3.8) is 0 Å². The fourth-order valence-corrected chi connectivity index (χ4v) is 3.84. The van der Waals surface area contributed by atoms with Gasteiger partial charge in [0.2, 0.25) is 5.91 Å². The Morgan fingerprint density at radius 1 is 1.13 bits per heavy atom. The standard InChI is InChI=1S/C23H29N5O2/c1-3-18-21-22(28-13-5-4-6-14-28)25-19(26-23(21)30-27-18)11-12-20(29)24-15-17-9-7-16(2)8-10-17/h7-10H,3-6,11-15H2,1-2H3,(H,24,29). The Hall–Kier alpha value is -2.96. The van der Waals surface area contributed by atoms with Gasteiger partial charge in [-0.1, -0.05) is 41.9 Å². The molecule has 30 heavy (non-hydrogen) atoms. The highest BCUT2D eigenvalue weighted by atomic mass is 16.5. The number of amides is 1. The van der Waals surface area contributed by atoms with Gasteiger partial charge < -0.3 is 14.7 Å². The minimum absolute atomic E-state index is 0.00869. The maximum Gasteiger partial charge on any atom is 0.263 e. The third-order valence-corrected chi connectivity index (χ3v) is 5.61. The number of benzene rings is 1. The number of aromatic nitrogens is 3. The first-order valence-corrected chi connectivity index (χ1v) is 10.9. The topological polar surface area (TPSA) is 84.1 Å². The number of aryl methyl sites for hydroxylation is 3. The molecule has 158 valence electrons. The van der Waals surface area contributed by atoms with Crippen LogP contribution in [0.1, 0.15) is 55.3 Å². The van der Waals surface area contributed by atoms with Gasteiger partial charge in [-0.05, 0) is 38.2 Å². The summed E-state index contributed by atoms with van der Waals surface area (Å²) >= 11 is 0. The lowest BCUT2D eigenvalue weighted by Gasteiger charge is -2.28. The lowest BCUT2D eigenvalue weighted by atomic mass is 10.1. The molecule has 2 aromatic heterocycles. The molecule has 0 unspecified atom stereocenters. The normalized spacial score (nSPS) is 14.3. The van der Waals surface area contributed by atoms with E-state index in [-0.39, 0.29) is 5.91 Å². The van der Waals surface area contributed by atoms with Crippen molar-refractivity contribution in [2.24, 2.45) is 0 Å². The van der Waals surface area contributed by atoms with Crippen molar-refractivity contribution in [2.45, 2.75) is 58.9 Å². The number of piperidine rings is 1. The maximum absolute atomic E-state index is 12.3. The summed E-state index contributed by atoms with van der Waals surface area (Å²) in [6, 6.07) is 8.17. The summed E-state index contributed by atoms with van der Waals surface area (Å²) in [5.74, 6) is 1.53. The second kappa shape index (κ2) is 9.24. The Labute approximate surface area is 176 Å². The van der Waals surface area contributed by atoms with E-state index in [1.807, 2.05) is 12.1 Å². The Kier molecular flexibility index (Phi) is 6.26. The molecule has 1 fully saturated rings. The van der Waals surface area contributed by atoms with Crippen molar-refractivity contribution < 1.29 is 9.32 Å². The zero-order chi connectivity index (χ0) is 20.9. The number of rotatable bonds is 7. The number of nitrogens with one attached hydrogen (secondary N) is 1. The number of fused-ring (bicyclic) bond motifs is 1. The van der Waals surface area contributed by atoms with Crippen LogP contribution >= 0.6 is 0 Å². The van der Waals surface area contributed by atoms with E-state index in [1.165, 1.54) is 12.0 Å². The summed E-state index contributed by atoms with van der Waals surface area (Å²) in [6.45, 7) is 6.60. The van der Waals surface area contributed by atoms with Gasteiger partial charge >= 0.3 is 0 Å². The molecule has 0 spiro atoms. The van der Waals surface area contributed by atoms with E-state index in [2.05, 4.69) is 46.3 Å². The van der Waals surface area contributed by atoms with E-state index in [1.54, 1.807) is 0 Å². The van der Waals surface area contributed by atoms with Gasteiger partial charge in [-0.2, -0.15) is 4.98 Å². The first-order valence-electron chi connectivity index (χ1n) is 10.9. The van der Waals surface area contributed by atoms with Crippen molar-refractivity contribution >= 4 is 22.8 Å². The largest absolute Gasteiger partial charge is 0.356 e. The van der Waals surface area contributed by atoms with Crippen LogP contribution in [0.4, 0.5) is 5.82 Å². The molecular weight excluding hydrogens is 378 g/mol. The van der Waals surface area contributed by atoms with E-state index in [9.17, 15) is 4.79 Å². The van der Waals surface area contributed by atoms with Crippen LogP contribution in [0.3, 0.4) is 0 Å². The molecule has 1 amide bonds. The predicted molar refractivity (Wildman–Crippen MR) is 116 cm³/mol. The molecule has 3 heterocycles. The second-order valence-electron chi connectivity index (χ2n) is 7.94. The van der Waals surface area contributed by atoms with E-state index in [0.29, 0.717) is 30.9 Å². The van der Waals surface area contributed by atoms with Crippen LogP contribution in [0.25, 0.3) is 11.1 Å². The third kappa shape index (κ3) is 4.61. The van der Waals surface area contributed by atoms with Crippen LogP contribution in [-0.2, 0) is 24.2 Å². The molecule has 0 aliphatic carbocycles. The Balaban J connectivity index is 1.45. The number of hydrogen-bond donors (Lipinski definition) is 1. The molecule has 3 aromatic rings. The Morgan fingerprint density at radius 3 is 2.63 bits per heavy atom. The SMILES string of the molecule is CCc1noc2nc(CCC(=O)NCc3ccc(C)cc3)nc(N3CCCCC3)c12. The minimum atomic E-state index is -0.00869. The average Bonchev–Trinajstić information content (AvgIpc) is 3.20. The lowest BCUT2D eigenvalue weighted by Crippen LogP contribution is -2.31. The van der Waals surface area contributed by atoms with Crippen LogP contribution in [0.5, 0.6) is 0 Å². The first kappa shape index (κ1) is 20.3. The molecule has 7 heteroatoms. The quantitative estimate of drug-likeness (QED) is 0.642. The molecule has 0 saturated carbocycles. The minimum Gasteiger partial charge on any atom is -0.356 e. The summed E-state index contributed by atoms with van der Waals surface area (Å²) < 4.78 is 5.51. The highest BCUT2D eigenvalue weighted by molar-refractivity contribution is 5.88. The van der Waals surface area contributed by atoms with Crippen LogP contribution in [0.15, 0.2) is 28.8 Å². The molecule has 1 aliphatic heterocycles. The van der Waals surface area contributed by atoms with Crippen molar-refractivity contribution in [3.05, 3.63) is 46.9 Å². The van der Waals surface area contributed by atoms with Gasteiger partial charge in [-0.15, -0.1) is 0 Å². The van der Waals surface area contributed by atoms with Gasteiger partial charge in [0, 0.05) is 32.5 Å². The van der Waals surface area contributed by atoms with E-state index in [4.69, 9.17) is 9.51 Å². The zero-order valence-corrected chi connectivity index (χ0v) is 17.8. The highest BCUT2D eigenvalue weighted by Crippen LogP contribution is 2.29. The van der Waals surface area contributed by atoms with Crippen molar-refractivity contribution in [1.29, 1.82) is 0 Å². The number of hydrogen-bond acceptors (Lipinski definition) is 6. The summed E-state index contributed by atoms with van der Waals surface area (Å²) in [5, 5.41) is 8.09. The summed E-state index contributed by atoms with van der Waals surface area (Å²) in [5.41, 5.74) is 3.72. The van der Waals surface area contributed by atoms with Crippen LogP contribution in [0.2, 0.25) is 0 Å². The molecule has 1 aliphatic rings. The smallest absolute Gasteiger partial charge is 0.263 e. The first-order chi connectivity index (χ1) is 14.6. The molecule has 1 N–H and O–H groups in total. The molecule has 0 bridgehead atoms. The molecule has 1 saturated heterocycles. The Morgan fingerprint density at radius 2 is 1.90 bits per heavy atom. The van der Waals surface area contributed by atoms with Crippen molar-refractivity contribution in [1.82, 2.24) is 20.4 Å². The second-order valence-corrected chi connectivity index (χ2v) is 7.94.